The third-order valence-electron chi connectivity index (χ3n) is 8.79. The van der Waals surface area contributed by atoms with Gasteiger partial charge in [0.05, 0.1) is 5.69 Å². The van der Waals surface area contributed by atoms with E-state index in [1.54, 1.807) is 9.80 Å². The Labute approximate surface area is 270 Å². The van der Waals surface area contributed by atoms with Crippen molar-refractivity contribution >= 4 is 29.6 Å². The number of unbranched alkanes of at least 4 members (excludes halogenated alkanes) is 1. The monoisotopic (exact) mass is 625 g/mol. The number of urea groups is 1. The minimum Gasteiger partial charge on any atom is -0.445 e. The van der Waals surface area contributed by atoms with Crippen LogP contribution in [0.4, 0.5) is 15.3 Å². The van der Waals surface area contributed by atoms with Crippen LogP contribution in [0.3, 0.4) is 0 Å². The maximum Gasteiger partial charge on any atom is 0.407 e. The van der Waals surface area contributed by atoms with Gasteiger partial charge in [-0.15, -0.1) is 0 Å². The maximum absolute atomic E-state index is 13.7. The summed E-state index contributed by atoms with van der Waals surface area (Å²) in [5, 5.41) is 8.81. The molecule has 3 aromatic rings. The molecule has 10 heteroatoms. The van der Waals surface area contributed by atoms with Crippen LogP contribution in [-0.2, 0) is 20.9 Å². The topological polar surface area (TPSA) is 120 Å². The maximum atomic E-state index is 13.7. The normalized spacial score (nSPS) is 17.4. The van der Waals surface area contributed by atoms with Gasteiger partial charge in [-0.3, -0.25) is 9.59 Å². The van der Waals surface area contributed by atoms with Gasteiger partial charge in [0.1, 0.15) is 18.2 Å². The lowest BCUT2D eigenvalue weighted by Crippen LogP contribution is -2.73. The quantitative estimate of drug-likeness (QED) is 0.241. The van der Waals surface area contributed by atoms with Crippen LogP contribution in [0, 0.1) is 0 Å². The molecule has 0 radical (unpaired) electrons. The third kappa shape index (κ3) is 7.67. The Morgan fingerprint density at radius 1 is 0.913 bits per heavy atom. The summed E-state index contributed by atoms with van der Waals surface area (Å²) >= 11 is 0. The highest BCUT2D eigenvalue weighted by Crippen LogP contribution is 2.35. The van der Waals surface area contributed by atoms with Crippen LogP contribution in [0.5, 0.6) is 0 Å². The number of hydrogen-bond acceptors (Lipinski definition) is 5. The number of nitrogens with one attached hydrogen (secondary N) is 3. The fourth-order valence-electron chi connectivity index (χ4n) is 6.29. The molecule has 2 saturated heterocycles. The number of likely N-dealkylation sites (tertiary alicyclic amines) is 1. The van der Waals surface area contributed by atoms with E-state index in [1.165, 1.54) is 0 Å². The number of benzene rings is 3. The molecule has 3 aromatic carbocycles. The molecular weight excluding hydrogens is 582 g/mol. The van der Waals surface area contributed by atoms with Crippen molar-refractivity contribution in [3.05, 3.63) is 90.5 Å². The van der Waals surface area contributed by atoms with E-state index in [0.717, 1.165) is 28.8 Å². The zero-order valence-corrected chi connectivity index (χ0v) is 26.4. The van der Waals surface area contributed by atoms with Gasteiger partial charge in [-0.25, -0.2) is 9.59 Å². The van der Waals surface area contributed by atoms with Gasteiger partial charge in [0.2, 0.25) is 11.8 Å². The van der Waals surface area contributed by atoms with Gasteiger partial charge in [-0.05, 0) is 55.7 Å². The zero-order chi connectivity index (χ0) is 32.4. The molecule has 5 rings (SSSR count). The highest BCUT2D eigenvalue weighted by atomic mass is 16.5. The minimum atomic E-state index is -0.966. The number of carbonyl (C=O) groups is 4. The van der Waals surface area contributed by atoms with Gasteiger partial charge in [-0.2, -0.15) is 0 Å². The van der Waals surface area contributed by atoms with E-state index in [2.05, 4.69) is 16.0 Å². The number of para-hydroxylation sites is 1. The average Bonchev–Trinajstić information content (AvgIpc) is 3.09. The van der Waals surface area contributed by atoms with E-state index >= 15 is 0 Å². The number of piperazine rings is 1. The average molecular weight is 626 g/mol. The second-order valence-corrected chi connectivity index (χ2v) is 11.9. The molecular formula is C36H43N5O5. The number of rotatable bonds is 11. The highest BCUT2D eigenvalue weighted by molar-refractivity contribution is 6.00. The first-order valence-corrected chi connectivity index (χ1v) is 16.2. The van der Waals surface area contributed by atoms with Crippen LogP contribution >= 0.6 is 0 Å². The van der Waals surface area contributed by atoms with Gasteiger partial charge in [-0.1, -0.05) is 85.8 Å². The van der Waals surface area contributed by atoms with Gasteiger partial charge in [0.15, 0.2) is 0 Å². The first-order valence-electron chi connectivity index (χ1n) is 16.2. The smallest absolute Gasteiger partial charge is 0.407 e. The molecule has 0 unspecified atom stereocenters. The summed E-state index contributed by atoms with van der Waals surface area (Å²) in [5.74, 6) is -0.228. The van der Waals surface area contributed by atoms with Crippen LogP contribution in [0.2, 0.25) is 0 Å². The Balaban J connectivity index is 1.11. The van der Waals surface area contributed by atoms with Crippen molar-refractivity contribution in [1.29, 1.82) is 0 Å². The van der Waals surface area contributed by atoms with E-state index in [1.807, 2.05) is 91.9 Å². The fourth-order valence-corrected chi connectivity index (χ4v) is 6.29. The summed E-state index contributed by atoms with van der Waals surface area (Å²) in [7, 11) is 0. The lowest BCUT2D eigenvalue weighted by Gasteiger charge is -2.51. The Bertz CT molecular complexity index is 1490. The van der Waals surface area contributed by atoms with Crippen LogP contribution in [0.15, 0.2) is 84.9 Å². The van der Waals surface area contributed by atoms with Crippen molar-refractivity contribution in [2.24, 2.45) is 0 Å². The molecule has 1 atom stereocenters. The van der Waals surface area contributed by atoms with E-state index < -0.39 is 17.7 Å². The van der Waals surface area contributed by atoms with Crippen molar-refractivity contribution < 1.29 is 23.9 Å². The van der Waals surface area contributed by atoms with Crippen molar-refractivity contribution in [1.82, 2.24) is 20.4 Å². The molecule has 46 heavy (non-hydrogen) atoms. The Hall–Kier alpha value is -4.86. The number of alkyl carbamates (subject to hydrolysis) is 1. The summed E-state index contributed by atoms with van der Waals surface area (Å²) < 4.78 is 5.24. The summed E-state index contributed by atoms with van der Waals surface area (Å²) in [4.78, 5) is 56.2. The second kappa shape index (κ2) is 15.4. The van der Waals surface area contributed by atoms with Crippen LogP contribution in [0.1, 0.15) is 51.0 Å². The lowest BCUT2D eigenvalue weighted by molar-refractivity contribution is -0.160. The number of hydrogen-bond donors (Lipinski definition) is 3. The molecule has 0 aromatic heterocycles. The number of amides is 5. The predicted molar refractivity (Wildman–Crippen MR) is 177 cm³/mol. The van der Waals surface area contributed by atoms with Gasteiger partial charge >= 0.3 is 12.1 Å². The first kappa shape index (κ1) is 32.5. The summed E-state index contributed by atoms with van der Waals surface area (Å²) in [6, 6.07) is 26.2. The largest absolute Gasteiger partial charge is 0.445 e. The molecule has 0 aliphatic carbocycles. The van der Waals surface area contributed by atoms with E-state index in [0.29, 0.717) is 58.3 Å². The number of nitrogens with zero attached hydrogens (tertiary/aromatic N) is 2. The molecule has 5 amide bonds. The highest BCUT2D eigenvalue weighted by Gasteiger charge is 2.53. The molecule has 242 valence electrons. The van der Waals surface area contributed by atoms with E-state index in [-0.39, 0.29) is 24.5 Å². The number of piperidine rings is 1. The van der Waals surface area contributed by atoms with Crippen molar-refractivity contribution in [3.63, 3.8) is 0 Å². The van der Waals surface area contributed by atoms with Crippen LogP contribution in [-0.4, -0.2) is 71.5 Å². The summed E-state index contributed by atoms with van der Waals surface area (Å²) in [5.41, 5.74) is 2.61. The predicted octanol–water partition coefficient (Wildman–Crippen LogP) is 5.55. The Morgan fingerprint density at radius 3 is 2.30 bits per heavy atom. The zero-order valence-electron chi connectivity index (χ0n) is 26.4. The molecule has 2 aliphatic heterocycles. The van der Waals surface area contributed by atoms with Gasteiger partial charge < -0.3 is 30.5 Å². The molecule has 2 aliphatic rings. The molecule has 1 spiro atoms. The van der Waals surface area contributed by atoms with Crippen molar-refractivity contribution in [2.45, 2.75) is 63.6 Å². The molecule has 2 heterocycles. The third-order valence-corrected chi connectivity index (χ3v) is 8.79. The van der Waals surface area contributed by atoms with Crippen LogP contribution in [0.25, 0.3) is 11.1 Å². The lowest BCUT2D eigenvalue weighted by atomic mass is 9.81. The Morgan fingerprint density at radius 2 is 1.59 bits per heavy atom. The minimum absolute atomic E-state index is 0.0774. The second-order valence-electron chi connectivity index (χ2n) is 11.9. The fraction of sp³-hybridized carbons (Fsp3) is 0.389. The van der Waals surface area contributed by atoms with Crippen LogP contribution < -0.4 is 16.0 Å². The molecule has 0 saturated carbocycles. The Kier molecular flexibility index (Phi) is 10.9. The van der Waals surface area contributed by atoms with Crippen molar-refractivity contribution in [3.8, 4) is 11.1 Å². The number of carbonyl (C=O) groups excluding carboxylic acids is 4. The number of ether oxygens (including phenoxy) is 1. The SMILES string of the molecule is CCCN1C(=O)[C@H](CCCCNC(=O)OCc2ccccc2)NC(=O)C12CCN(C(=O)Nc1ccccc1-c1ccccc1)CC2. The first-order chi connectivity index (χ1) is 22.4. The van der Waals surface area contributed by atoms with Gasteiger partial charge in [0.25, 0.3) is 0 Å². The molecule has 2 fully saturated rings. The molecule has 0 bridgehead atoms. The molecule has 3 N–H and O–H groups in total. The van der Waals surface area contributed by atoms with Gasteiger partial charge in [0, 0.05) is 31.7 Å². The number of anilines is 1. The standard InChI is InChI=1S/C36H43N5O5/c1-2-23-41-32(42)31(19-11-12-22-37-35(45)46-26-27-13-5-3-6-14-27)38-33(43)36(41)20-24-40(25-21-36)34(44)39-30-18-10-9-17-29(30)28-15-7-4-8-16-28/h3-10,13-18,31H,2,11-12,19-26H2,1H3,(H,37,45)(H,38,43)(H,39,44)/t31-/m0/s1. The molecule has 10 nitrogen and oxygen atoms in total. The summed E-state index contributed by atoms with van der Waals surface area (Å²) in [6.07, 6.45) is 2.78. The van der Waals surface area contributed by atoms with Crippen molar-refractivity contribution in [2.75, 3.05) is 31.5 Å². The van der Waals surface area contributed by atoms with E-state index in [4.69, 9.17) is 4.74 Å². The summed E-state index contributed by atoms with van der Waals surface area (Å²) in [6.45, 7) is 3.81. The van der Waals surface area contributed by atoms with E-state index in [9.17, 15) is 19.2 Å².